The van der Waals surface area contributed by atoms with Crippen LogP contribution in [0.5, 0.6) is 0 Å². The Bertz CT molecular complexity index is 1800. The number of benzene rings is 1. The first-order chi connectivity index (χ1) is 23.9. The Labute approximate surface area is 302 Å². The average molecular weight is 684 g/mol. The number of fused-ring (bicyclic) bond motifs is 5. The molecule has 5 heteroatoms. The van der Waals surface area contributed by atoms with E-state index < -0.39 is 8.07 Å². The maximum Gasteiger partial charge on any atom is 0.269 e. The topological polar surface area (TPSA) is 40.6 Å². The third kappa shape index (κ3) is 5.49. The van der Waals surface area contributed by atoms with E-state index in [9.17, 15) is 5.26 Å². The number of allylic oxidation sites excluding steroid dienone is 8. The van der Waals surface area contributed by atoms with E-state index >= 15 is 0 Å². The summed E-state index contributed by atoms with van der Waals surface area (Å²) in [6.45, 7) is 22.3. The number of rotatable bonds is 7. The van der Waals surface area contributed by atoms with Gasteiger partial charge in [-0.2, -0.15) is 0 Å². The lowest BCUT2D eigenvalue weighted by Crippen LogP contribution is -2.48. The van der Waals surface area contributed by atoms with E-state index in [1.807, 2.05) is 12.2 Å². The van der Waals surface area contributed by atoms with Crippen LogP contribution in [0.4, 0.5) is 5.69 Å². The smallest absolute Gasteiger partial charge is 0.269 e. The summed E-state index contributed by atoms with van der Waals surface area (Å²) in [5, 5.41) is 9.93. The summed E-state index contributed by atoms with van der Waals surface area (Å²) in [5.41, 5.74) is 9.29. The molecule has 3 unspecified atom stereocenters. The van der Waals surface area contributed by atoms with Crippen LogP contribution in [0.2, 0.25) is 24.2 Å². The summed E-state index contributed by atoms with van der Waals surface area (Å²) < 4.78 is 6.85. The van der Waals surface area contributed by atoms with Crippen LogP contribution in [0.15, 0.2) is 64.8 Å². The van der Waals surface area contributed by atoms with Crippen molar-refractivity contribution in [2.24, 2.45) is 16.7 Å². The minimum absolute atomic E-state index is 0.0105. The molecular formula is C45H57N3OSi. The first-order valence-corrected chi connectivity index (χ1v) is 22.7. The van der Waals surface area contributed by atoms with Gasteiger partial charge in [0, 0.05) is 24.2 Å². The maximum absolute atomic E-state index is 9.93. The summed E-state index contributed by atoms with van der Waals surface area (Å²) in [5.74, 6) is 2.49. The molecule has 5 heterocycles. The predicted octanol–water partition coefficient (Wildman–Crippen LogP) is 11.9. The normalized spacial score (nSPS) is 35.9. The van der Waals surface area contributed by atoms with E-state index in [0.717, 1.165) is 43.2 Å². The van der Waals surface area contributed by atoms with Crippen LogP contribution in [-0.4, -0.2) is 21.2 Å². The molecule has 0 amide bonds. The highest BCUT2D eigenvalue weighted by Gasteiger charge is 2.58. The second kappa shape index (κ2) is 12.2. The standard InChI is InChI=1S/C45H57N3OSi/c1-7-8-9-13-44-14-17-45(18-15-44,19-16-44)40-26-34(39(27-46)47-6)25-36(49-40)11-10-33-23-37-41-38(24-33)43(5)31-50(22-12-32(2)29-50)30-35(43)28-48(41)21-20-42(37,3)4/h10-12,23-26,35H,7-9,13-22,28-31H2,1-5H3/b11-10+,39-34+. The monoisotopic (exact) mass is 683 g/mol. The highest BCUT2D eigenvalue weighted by atomic mass is 28.3. The molecule has 5 aliphatic heterocycles. The highest BCUT2D eigenvalue weighted by molar-refractivity contribution is 6.82. The fraction of sp³-hybridized carbons (Fsp3) is 0.600. The average Bonchev–Trinajstić information content (AvgIpc) is 3.62. The Kier molecular flexibility index (Phi) is 8.23. The van der Waals surface area contributed by atoms with E-state index in [0.29, 0.717) is 11.0 Å². The lowest BCUT2D eigenvalue weighted by Gasteiger charge is -2.54. The molecule has 1 saturated heterocycles. The van der Waals surface area contributed by atoms with Crippen molar-refractivity contribution in [3.8, 4) is 6.07 Å². The molecule has 8 aliphatic rings. The molecule has 0 N–H and O–H groups in total. The summed E-state index contributed by atoms with van der Waals surface area (Å²) in [6, 6.07) is 12.9. The molecule has 1 spiro atoms. The number of unbranched alkanes of at least 4 members (excludes halogenated alkanes) is 2. The van der Waals surface area contributed by atoms with Crippen molar-refractivity contribution in [1.82, 2.24) is 0 Å². The zero-order valence-corrected chi connectivity index (χ0v) is 32.4. The van der Waals surface area contributed by atoms with Crippen LogP contribution in [0, 0.1) is 34.7 Å². The van der Waals surface area contributed by atoms with Crippen LogP contribution in [0.25, 0.3) is 10.9 Å². The molecule has 4 fully saturated rings. The lowest BCUT2D eigenvalue weighted by atomic mass is 9.52. The van der Waals surface area contributed by atoms with Crippen LogP contribution >= 0.6 is 0 Å². The molecule has 9 rings (SSSR count). The fourth-order valence-corrected chi connectivity index (χ4v) is 18.6. The van der Waals surface area contributed by atoms with E-state index in [4.69, 9.17) is 11.3 Å². The largest absolute Gasteiger partial charge is 0.461 e. The van der Waals surface area contributed by atoms with Gasteiger partial charge in [0.15, 0.2) is 0 Å². The number of nitrogens with zero attached hydrogens (tertiary/aromatic N) is 3. The number of ether oxygens (including phenoxy) is 1. The molecule has 3 atom stereocenters. The van der Waals surface area contributed by atoms with Crippen LogP contribution in [0.1, 0.15) is 122 Å². The van der Waals surface area contributed by atoms with Crippen molar-refractivity contribution < 1.29 is 4.74 Å². The molecule has 2 bridgehead atoms. The van der Waals surface area contributed by atoms with Crippen molar-refractivity contribution in [3.05, 3.63) is 92.9 Å². The van der Waals surface area contributed by atoms with Gasteiger partial charge < -0.3 is 9.64 Å². The van der Waals surface area contributed by atoms with Gasteiger partial charge in [-0.15, -0.1) is 0 Å². The Morgan fingerprint density at radius 3 is 2.50 bits per heavy atom. The number of anilines is 1. The molecule has 3 saturated carbocycles. The first-order valence-electron chi connectivity index (χ1n) is 19.9. The fourth-order valence-electron chi connectivity index (χ4n) is 12.0. The Hall–Kier alpha value is -3.28. The van der Waals surface area contributed by atoms with E-state index in [1.165, 1.54) is 93.2 Å². The van der Waals surface area contributed by atoms with Crippen molar-refractivity contribution in [2.75, 3.05) is 18.0 Å². The summed E-state index contributed by atoms with van der Waals surface area (Å²) >= 11 is 0. The quantitative estimate of drug-likeness (QED) is 0.0944. The molecule has 0 aromatic heterocycles. The number of hydrogen-bond donors (Lipinski definition) is 0. The molecule has 3 aliphatic carbocycles. The Morgan fingerprint density at radius 1 is 1.06 bits per heavy atom. The first kappa shape index (κ1) is 33.8. The third-order valence-electron chi connectivity index (χ3n) is 15.1. The third-order valence-corrected chi connectivity index (χ3v) is 20.3. The maximum atomic E-state index is 9.93. The number of nitriles is 1. The zero-order valence-electron chi connectivity index (χ0n) is 31.4. The molecule has 1 aromatic carbocycles. The Morgan fingerprint density at radius 2 is 1.82 bits per heavy atom. The van der Waals surface area contributed by atoms with Crippen molar-refractivity contribution in [3.63, 3.8) is 0 Å². The van der Waals surface area contributed by atoms with Gasteiger partial charge in [-0.05, 0) is 151 Å². The summed E-state index contributed by atoms with van der Waals surface area (Å²) in [7, 11) is -1.34. The van der Waals surface area contributed by atoms with Gasteiger partial charge in [-0.1, -0.05) is 70.7 Å². The second-order valence-corrected chi connectivity index (χ2v) is 23.3. The van der Waals surface area contributed by atoms with Gasteiger partial charge in [-0.3, -0.25) is 0 Å². The summed E-state index contributed by atoms with van der Waals surface area (Å²) in [4.78, 5) is 6.41. The van der Waals surface area contributed by atoms with Crippen LogP contribution < -0.4 is 4.90 Å². The van der Waals surface area contributed by atoms with Gasteiger partial charge in [0.25, 0.3) is 5.70 Å². The molecular weight excluding hydrogens is 627 g/mol. The number of hydrogen-bond acceptors (Lipinski definition) is 3. The second-order valence-electron chi connectivity index (χ2n) is 18.7. The predicted molar refractivity (Wildman–Crippen MR) is 208 cm³/mol. The minimum atomic E-state index is -1.34. The van der Waals surface area contributed by atoms with E-state index in [1.54, 1.807) is 16.8 Å². The van der Waals surface area contributed by atoms with Crippen molar-refractivity contribution in [1.29, 1.82) is 5.26 Å². The minimum Gasteiger partial charge on any atom is -0.461 e. The van der Waals surface area contributed by atoms with Gasteiger partial charge >= 0.3 is 0 Å². The zero-order chi connectivity index (χ0) is 34.9. The van der Waals surface area contributed by atoms with Gasteiger partial charge in [0.2, 0.25) is 0 Å². The lowest BCUT2D eigenvalue weighted by molar-refractivity contribution is -0.0195. The van der Waals surface area contributed by atoms with Crippen LogP contribution in [0.3, 0.4) is 0 Å². The van der Waals surface area contributed by atoms with Crippen molar-refractivity contribution >= 4 is 19.8 Å². The van der Waals surface area contributed by atoms with E-state index in [2.05, 4.69) is 80.8 Å². The molecule has 0 radical (unpaired) electrons. The van der Waals surface area contributed by atoms with Crippen molar-refractivity contribution in [2.45, 2.75) is 140 Å². The highest BCUT2D eigenvalue weighted by Crippen LogP contribution is 2.63. The van der Waals surface area contributed by atoms with Gasteiger partial charge in [0.1, 0.15) is 11.5 Å². The van der Waals surface area contributed by atoms with Gasteiger partial charge in [0.05, 0.1) is 20.7 Å². The van der Waals surface area contributed by atoms with E-state index in [-0.39, 0.29) is 21.9 Å². The Balaban J connectivity index is 1.12. The van der Waals surface area contributed by atoms with Gasteiger partial charge in [-0.25, -0.2) is 10.1 Å². The molecule has 262 valence electrons. The SMILES string of the molecule is [C-]#[N+]/C(C#N)=C1C=C(/C=C/c2cc3c4c(c2)C2(C)C[Si]5(CC=C(C)C5)CC2CN4CCC3(C)C)OC(C23CCC(CCCCC)(CC2)CC3)=C\1. The molecule has 1 aromatic rings. The summed E-state index contributed by atoms with van der Waals surface area (Å²) in [6.07, 6.45) is 24.7. The van der Waals surface area contributed by atoms with Crippen LogP contribution in [-0.2, 0) is 15.6 Å². The molecule has 50 heavy (non-hydrogen) atoms. The molecule has 4 nitrogen and oxygen atoms in total.